The van der Waals surface area contributed by atoms with Gasteiger partial charge in [0.15, 0.2) is 0 Å². The third-order valence-corrected chi connectivity index (χ3v) is 3.50. The molecule has 0 radical (unpaired) electrons. The van der Waals surface area contributed by atoms with Crippen molar-refractivity contribution in [1.29, 1.82) is 0 Å². The highest BCUT2D eigenvalue weighted by Crippen LogP contribution is 2.12. The van der Waals surface area contributed by atoms with Crippen LogP contribution in [0.25, 0.3) is 0 Å². The highest BCUT2D eigenvalue weighted by molar-refractivity contribution is 5.33. The van der Waals surface area contributed by atoms with Crippen LogP contribution in [-0.2, 0) is 6.42 Å². The standard InChI is InChI=1S/C22H29N/c1-7-9-21(16-20-13-11-18(5)12-14-20)23-22(10-8-2)19(6)15-17(3)4/h8-15,21,23H,1,16H2,2-6H3/b10-8+,22-19+. The van der Waals surface area contributed by atoms with Crippen molar-refractivity contribution in [3.05, 3.63) is 88.8 Å². The summed E-state index contributed by atoms with van der Waals surface area (Å²) in [5.74, 6) is 0. The maximum Gasteiger partial charge on any atom is 0.0558 e. The Kier molecular flexibility index (Phi) is 7.94. The van der Waals surface area contributed by atoms with E-state index < -0.39 is 0 Å². The van der Waals surface area contributed by atoms with E-state index in [-0.39, 0.29) is 6.04 Å². The monoisotopic (exact) mass is 307 g/mol. The van der Waals surface area contributed by atoms with Gasteiger partial charge >= 0.3 is 0 Å². The summed E-state index contributed by atoms with van der Waals surface area (Å²) in [6.45, 7) is 14.2. The number of benzene rings is 1. The summed E-state index contributed by atoms with van der Waals surface area (Å²) in [4.78, 5) is 0. The van der Waals surface area contributed by atoms with Crippen molar-refractivity contribution < 1.29 is 0 Å². The van der Waals surface area contributed by atoms with E-state index in [0.717, 1.165) is 12.1 Å². The first-order valence-corrected chi connectivity index (χ1v) is 8.12. The van der Waals surface area contributed by atoms with Crippen molar-refractivity contribution >= 4 is 0 Å². The molecule has 0 spiro atoms. The molecule has 0 saturated heterocycles. The van der Waals surface area contributed by atoms with E-state index in [2.05, 4.69) is 87.8 Å². The predicted octanol–water partition coefficient (Wildman–Crippen LogP) is 5.65. The SMILES string of the molecule is C=C=CC(Cc1ccc(C)cc1)NC(/C=C/C)=C(\C)C=C(C)C. The summed E-state index contributed by atoms with van der Waals surface area (Å²) in [5.41, 5.74) is 9.18. The molecule has 0 fully saturated rings. The minimum absolute atomic E-state index is 0.168. The average molecular weight is 307 g/mol. The van der Waals surface area contributed by atoms with Crippen LogP contribution >= 0.6 is 0 Å². The van der Waals surface area contributed by atoms with Crippen LogP contribution in [0.5, 0.6) is 0 Å². The van der Waals surface area contributed by atoms with Crippen molar-refractivity contribution in [2.45, 2.75) is 47.1 Å². The lowest BCUT2D eigenvalue weighted by atomic mass is 10.0. The normalized spacial score (nSPS) is 13.1. The van der Waals surface area contributed by atoms with Gasteiger partial charge in [-0.15, -0.1) is 5.73 Å². The van der Waals surface area contributed by atoms with Gasteiger partial charge in [0.25, 0.3) is 0 Å². The van der Waals surface area contributed by atoms with E-state index in [4.69, 9.17) is 0 Å². The Bertz CT molecular complexity index is 631. The van der Waals surface area contributed by atoms with Gasteiger partial charge < -0.3 is 5.32 Å². The zero-order chi connectivity index (χ0) is 17.2. The molecule has 1 N–H and O–H groups in total. The number of hydrogen-bond acceptors (Lipinski definition) is 1. The Morgan fingerprint density at radius 2 is 1.87 bits per heavy atom. The molecule has 0 amide bonds. The second-order valence-corrected chi connectivity index (χ2v) is 6.13. The second-order valence-electron chi connectivity index (χ2n) is 6.13. The molecule has 1 unspecified atom stereocenters. The molecule has 0 heterocycles. The van der Waals surface area contributed by atoms with Gasteiger partial charge in [-0.2, -0.15) is 0 Å². The zero-order valence-electron chi connectivity index (χ0n) is 15.1. The fraction of sp³-hybridized carbons (Fsp3) is 0.318. The Labute approximate surface area is 141 Å². The van der Waals surface area contributed by atoms with Crippen molar-refractivity contribution in [2.24, 2.45) is 0 Å². The molecule has 1 aromatic rings. The summed E-state index contributed by atoms with van der Waals surface area (Å²) in [7, 11) is 0. The van der Waals surface area contributed by atoms with Crippen LogP contribution in [0.1, 0.15) is 38.8 Å². The van der Waals surface area contributed by atoms with E-state index in [1.165, 1.54) is 22.3 Å². The van der Waals surface area contributed by atoms with Crippen LogP contribution in [0.2, 0.25) is 0 Å². The van der Waals surface area contributed by atoms with Crippen LogP contribution in [0.15, 0.2) is 77.7 Å². The number of nitrogens with one attached hydrogen (secondary N) is 1. The Balaban J connectivity index is 3.02. The fourth-order valence-electron chi connectivity index (χ4n) is 2.44. The molecule has 0 saturated carbocycles. The molecule has 1 rings (SSSR count). The van der Waals surface area contributed by atoms with Crippen molar-refractivity contribution in [1.82, 2.24) is 5.32 Å². The van der Waals surface area contributed by atoms with Crippen LogP contribution in [0.3, 0.4) is 0 Å². The molecule has 0 aliphatic rings. The largest absolute Gasteiger partial charge is 0.378 e. The van der Waals surface area contributed by atoms with Crippen LogP contribution in [0.4, 0.5) is 0 Å². The number of allylic oxidation sites excluding steroid dienone is 5. The smallest absolute Gasteiger partial charge is 0.0558 e. The quantitative estimate of drug-likeness (QED) is 0.507. The summed E-state index contributed by atoms with van der Waals surface area (Å²) >= 11 is 0. The van der Waals surface area contributed by atoms with Gasteiger partial charge in [-0.05, 0) is 64.3 Å². The van der Waals surface area contributed by atoms with E-state index in [9.17, 15) is 0 Å². The first-order valence-electron chi connectivity index (χ1n) is 8.12. The molecule has 0 bridgehead atoms. The fourth-order valence-corrected chi connectivity index (χ4v) is 2.44. The first kappa shape index (κ1) is 18.8. The molecule has 23 heavy (non-hydrogen) atoms. The lowest BCUT2D eigenvalue weighted by Gasteiger charge is -2.18. The average Bonchev–Trinajstić information content (AvgIpc) is 2.48. The molecule has 1 atom stereocenters. The van der Waals surface area contributed by atoms with E-state index in [1.807, 2.05) is 13.0 Å². The maximum absolute atomic E-state index is 3.74. The predicted molar refractivity (Wildman–Crippen MR) is 102 cm³/mol. The van der Waals surface area contributed by atoms with Gasteiger partial charge in [0, 0.05) is 5.70 Å². The van der Waals surface area contributed by atoms with Gasteiger partial charge in [0.1, 0.15) is 0 Å². The minimum atomic E-state index is 0.168. The lowest BCUT2D eigenvalue weighted by molar-refractivity contribution is 0.673. The maximum atomic E-state index is 3.74. The van der Waals surface area contributed by atoms with Crippen LogP contribution in [-0.4, -0.2) is 6.04 Å². The summed E-state index contributed by atoms with van der Waals surface area (Å²) < 4.78 is 0. The summed E-state index contributed by atoms with van der Waals surface area (Å²) in [6, 6.07) is 8.84. The van der Waals surface area contributed by atoms with Gasteiger partial charge in [-0.1, -0.05) is 54.1 Å². The van der Waals surface area contributed by atoms with Crippen LogP contribution < -0.4 is 5.32 Å². The Morgan fingerprint density at radius 3 is 2.39 bits per heavy atom. The number of aryl methyl sites for hydroxylation is 1. The third kappa shape index (κ3) is 7.04. The van der Waals surface area contributed by atoms with Crippen molar-refractivity contribution in [2.75, 3.05) is 0 Å². The summed E-state index contributed by atoms with van der Waals surface area (Å²) in [5, 5.41) is 3.61. The number of rotatable bonds is 7. The van der Waals surface area contributed by atoms with Gasteiger partial charge in [0.2, 0.25) is 0 Å². The highest BCUT2D eigenvalue weighted by atomic mass is 14.9. The van der Waals surface area contributed by atoms with Gasteiger partial charge in [-0.25, -0.2) is 0 Å². The number of hydrogen-bond donors (Lipinski definition) is 1. The topological polar surface area (TPSA) is 12.0 Å². The molecular weight excluding hydrogens is 278 g/mol. The molecule has 1 aromatic carbocycles. The summed E-state index contributed by atoms with van der Waals surface area (Å²) in [6.07, 6.45) is 9.28. The lowest BCUT2D eigenvalue weighted by Crippen LogP contribution is -2.28. The Morgan fingerprint density at radius 1 is 1.22 bits per heavy atom. The zero-order valence-corrected chi connectivity index (χ0v) is 15.1. The second kappa shape index (κ2) is 9.71. The van der Waals surface area contributed by atoms with Crippen molar-refractivity contribution in [3.8, 4) is 0 Å². The van der Waals surface area contributed by atoms with E-state index in [1.54, 1.807) is 0 Å². The molecule has 122 valence electrons. The molecule has 1 heteroatoms. The molecular formula is C22H29N. The third-order valence-electron chi connectivity index (χ3n) is 3.50. The molecule has 0 aliphatic carbocycles. The van der Waals surface area contributed by atoms with Crippen molar-refractivity contribution in [3.63, 3.8) is 0 Å². The van der Waals surface area contributed by atoms with Gasteiger partial charge in [0.05, 0.1) is 6.04 Å². The van der Waals surface area contributed by atoms with E-state index >= 15 is 0 Å². The minimum Gasteiger partial charge on any atom is -0.378 e. The van der Waals surface area contributed by atoms with E-state index in [0.29, 0.717) is 0 Å². The molecule has 0 aliphatic heterocycles. The van der Waals surface area contributed by atoms with Gasteiger partial charge in [-0.3, -0.25) is 0 Å². The Hall–Kier alpha value is -2.24. The highest BCUT2D eigenvalue weighted by Gasteiger charge is 2.08. The molecule has 0 aromatic heterocycles. The molecule has 1 nitrogen and oxygen atoms in total. The van der Waals surface area contributed by atoms with Crippen LogP contribution in [0, 0.1) is 6.92 Å². The first-order chi connectivity index (χ1) is 11.0.